The lowest BCUT2D eigenvalue weighted by molar-refractivity contribution is -0.118. The fourth-order valence-electron chi connectivity index (χ4n) is 1.75. The largest absolute Gasteiger partial charge is 0.399 e. The molecule has 1 amide bonds. The number of anilines is 2. The van der Waals surface area contributed by atoms with Crippen molar-refractivity contribution in [2.24, 2.45) is 0 Å². The van der Waals surface area contributed by atoms with E-state index >= 15 is 0 Å². The molecule has 0 aromatic heterocycles. The molecule has 0 bridgehead atoms. The van der Waals surface area contributed by atoms with Gasteiger partial charge in [-0.25, -0.2) is 0 Å². The van der Waals surface area contributed by atoms with Gasteiger partial charge in [0, 0.05) is 24.8 Å². The van der Waals surface area contributed by atoms with Gasteiger partial charge in [0.15, 0.2) is 0 Å². The van der Waals surface area contributed by atoms with Crippen LogP contribution >= 0.6 is 0 Å². The average Bonchev–Trinajstić information content (AvgIpc) is 2.33. The van der Waals surface area contributed by atoms with Crippen molar-refractivity contribution in [3.05, 3.63) is 24.3 Å². The zero-order chi connectivity index (χ0) is 12.7. The van der Waals surface area contributed by atoms with E-state index in [0.717, 1.165) is 18.5 Å². The topological polar surface area (TPSA) is 46.3 Å². The van der Waals surface area contributed by atoms with E-state index < -0.39 is 0 Å². The lowest BCUT2D eigenvalue weighted by Gasteiger charge is -2.17. The molecule has 0 fully saturated rings. The lowest BCUT2D eigenvalue weighted by atomic mass is 10.1. The fraction of sp³-hybridized carbons (Fsp3) is 0.500. The Labute approximate surface area is 104 Å². The van der Waals surface area contributed by atoms with Crippen molar-refractivity contribution < 1.29 is 4.79 Å². The number of amides is 1. The predicted molar refractivity (Wildman–Crippen MR) is 73.0 cm³/mol. The Morgan fingerprint density at radius 2 is 2.06 bits per heavy atom. The van der Waals surface area contributed by atoms with Crippen LogP contribution in [0.25, 0.3) is 0 Å². The van der Waals surface area contributed by atoms with Gasteiger partial charge in [0.25, 0.3) is 0 Å². The molecular formula is C14H22N2O. The number of hydrogen-bond acceptors (Lipinski definition) is 2. The number of benzene rings is 1. The van der Waals surface area contributed by atoms with Gasteiger partial charge in [-0.15, -0.1) is 0 Å². The molecule has 0 atom stereocenters. The van der Waals surface area contributed by atoms with E-state index in [-0.39, 0.29) is 5.91 Å². The number of hydrogen-bond donors (Lipinski definition) is 1. The molecule has 0 aliphatic carbocycles. The molecule has 0 saturated heterocycles. The number of carbonyl (C=O) groups excluding carboxylic acids is 1. The molecule has 1 aromatic carbocycles. The van der Waals surface area contributed by atoms with E-state index in [1.165, 1.54) is 12.8 Å². The van der Waals surface area contributed by atoms with Crippen molar-refractivity contribution >= 4 is 17.3 Å². The molecule has 0 saturated carbocycles. The second-order valence-corrected chi connectivity index (χ2v) is 4.36. The number of nitrogens with zero attached hydrogens (tertiary/aromatic N) is 1. The van der Waals surface area contributed by atoms with Crippen LogP contribution in [0.2, 0.25) is 0 Å². The standard InChI is InChI=1S/C14H22N2O/c1-3-4-5-6-10-14(17)16(2)13-9-7-8-12(15)11-13/h7-9,11H,3-6,10,15H2,1-2H3. The number of carbonyl (C=O) groups is 1. The van der Waals surface area contributed by atoms with Gasteiger partial charge in [-0.3, -0.25) is 4.79 Å². The smallest absolute Gasteiger partial charge is 0.226 e. The van der Waals surface area contributed by atoms with Crippen molar-refractivity contribution in [2.75, 3.05) is 17.7 Å². The first-order chi connectivity index (χ1) is 8.15. The first-order valence-electron chi connectivity index (χ1n) is 6.27. The molecule has 0 spiro atoms. The summed E-state index contributed by atoms with van der Waals surface area (Å²) in [5.41, 5.74) is 7.25. The molecule has 1 aromatic rings. The SMILES string of the molecule is CCCCCCC(=O)N(C)c1cccc(N)c1. The van der Waals surface area contributed by atoms with Crippen LogP contribution < -0.4 is 10.6 Å². The summed E-state index contributed by atoms with van der Waals surface area (Å²) in [7, 11) is 1.80. The maximum absolute atomic E-state index is 11.9. The molecule has 0 aliphatic heterocycles. The van der Waals surface area contributed by atoms with Crippen LogP contribution in [0.3, 0.4) is 0 Å². The van der Waals surface area contributed by atoms with Crippen LogP contribution in [0.4, 0.5) is 11.4 Å². The van der Waals surface area contributed by atoms with Crippen LogP contribution in [0.15, 0.2) is 24.3 Å². The highest BCUT2D eigenvalue weighted by atomic mass is 16.2. The second kappa shape index (κ2) is 6.94. The number of nitrogens with two attached hydrogens (primary N) is 1. The minimum absolute atomic E-state index is 0.159. The Bertz CT molecular complexity index is 363. The third kappa shape index (κ3) is 4.47. The monoisotopic (exact) mass is 234 g/mol. The third-order valence-electron chi connectivity index (χ3n) is 2.88. The van der Waals surface area contributed by atoms with Crippen molar-refractivity contribution in [3.63, 3.8) is 0 Å². The predicted octanol–water partition coefficient (Wildman–Crippen LogP) is 3.20. The van der Waals surface area contributed by atoms with Gasteiger partial charge in [-0.2, -0.15) is 0 Å². The van der Waals surface area contributed by atoms with E-state index in [0.29, 0.717) is 12.1 Å². The first kappa shape index (κ1) is 13.6. The average molecular weight is 234 g/mol. The van der Waals surface area contributed by atoms with E-state index in [1.54, 1.807) is 11.9 Å². The van der Waals surface area contributed by atoms with Gasteiger partial charge in [0.2, 0.25) is 5.91 Å². The molecule has 0 unspecified atom stereocenters. The normalized spacial score (nSPS) is 10.2. The van der Waals surface area contributed by atoms with Crippen LogP contribution in [0.1, 0.15) is 39.0 Å². The summed E-state index contributed by atoms with van der Waals surface area (Å²) in [5, 5.41) is 0. The van der Waals surface area contributed by atoms with Gasteiger partial charge in [-0.05, 0) is 24.6 Å². The van der Waals surface area contributed by atoms with E-state index in [1.807, 2.05) is 24.3 Å². The summed E-state index contributed by atoms with van der Waals surface area (Å²) in [6, 6.07) is 7.42. The minimum Gasteiger partial charge on any atom is -0.399 e. The molecule has 3 nitrogen and oxygen atoms in total. The van der Waals surface area contributed by atoms with Crippen molar-refractivity contribution in [1.29, 1.82) is 0 Å². The quantitative estimate of drug-likeness (QED) is 0.607. The zero-order valence-electron chi connectivity index (χ0n) is 10.8. The molecule has 94 valence electrons. The van der Waals surface area contributed by atoms with Gasteiger partial charge in [0.1, 0.15) is 0 Å². The van der Waals surface area contributed by atoms with Gasteiger partial charge in [-0.1, -0.05) is 32.3 Å². The fourth-order valence-corrected chi connectivity index (χ4v) is 1.75. The summed E-state index contributed by atoms with van der Waals surface area (Å²) in [6.07, 6.45) is 5.12. The molecule has 17 heavy (non-hydrogen) atoms. The highest BCUT2D eigenvalue weighted by molar-refractivity contribution is 5.93. The Morgan fingerprint density at radius 3 is 2.71 bits per heavy atom. The van der Waals surface area contributed by atoms with Gasteiger partial charge >= 0.3 is 0 Å². The Kier molecular flexibility index (Phi) is 5.53. The molecule has 2 N–H and O–H groups in total. The molecule has 0 radical (unpaired) electrons. The number of unbranched alkanes of at least 4 members (excludes halogenated alkanes) is 3. The van der Waals surface area contributed by atoms with Crippen molar-refractivity contribution in [3.8, 4) is 0 Å². The number of nitrogen functional groups attached to an aromatic ring is 1. The Morgan fingerprint density at radius 1 is 1.29 bits per heavy atom. The Balaban J connectivity index is 2.46. The molecule has 0 heterocycles. The molecule has 1 rings (SSSR count). The highest BCUT2D eigenvalue weighted by Crippen LogP contribution is 2.17. The van der Waals surface area contributed by atoms with Crippen LogP contribution in [-0.2, 0) is 4.79 Å². The van der Waals surface area contributed by atoms with Crippen molar-refractivity contribution in [1.82, 2.24) is 0 Å². The zero-order valence-corrected chi connectivity index (χ0v) is 10.8. The van der Waals surface area contributed by atoms with E-state index in [2.05, 4.69) is 6.92 Å². The highest BCUT2D eigenvalue weighted by Gasteiger charge is 2.10. The summed E-state index contributed by atoms with van der Waals surface area (Å²) in [6.45, 7) is 2.17. The summed E-state index contributed by atoms with van der Waals surface area (Å²) >= 11 is 0. The van der Waals surface area contributed by atoms with Crippen molar-refractivity contribution in [2.45, 2.75) is 39.0 Å². The maximum atomic E-state index is 11.9. The molecule has 0 aliphatic rings. The number of rotatable bonds is 6. The lowest BCUT2D eigenvalue weighted by Crippen LogP contribution is -2.25. The van der Waals surface area contributed by atoms with Crippen LogP contribution in [0.5, 0.6) is 0 Å². The summed E-state index contributed by atoms with van der Waals surface area (Å²) in [4.78, 5) is 13.6. The minimum atomic E-state index is 0.159. The van der Waals surface area contributed by atoms with Gasteiger partial charge in [0.05, 0.1) is 0 Å². The molecule has 3 heteroatoms. The second-order valence-electron chi connectivity index (χ2n) is 4.36. The third-order valence-corrected chi connectivity index (χ3v) is 2.88. The summed E-state index contributed by atoms with van der Waals surface area (Å²) < 4.78 is 0. The Hall–Kier alpha value is -1.51. The van der Waals surface area contributed by atoms with Gasteiger partial charge < -0.3 is 10.6 Å². The van der Waals surface area contributed by atoms with E-state index in [4.69, 9.17) is 5.73 Å². The summed E-state index contributed by atoms with van der Waals surface area (Å²) in [5.74, 6) is 0.159. The van der Waals surface area contributed by atoms with E-state index in [9.17, 15) is 4.79 Å². The van der Waals surface area contributed by atoms with Crippen LogP contribution in [0, 0.1) is 0 Å². The maximum Gasteiger partial charge on any atom is 0.226 e. The van der Waals surface area contributed by atoms with Crippen LogP contribution in [-0.4, -0.2) is 13.0 Å². The first-order valence-corrected chi connectivity index (χ1v) is 6.27. The molecular weight excluding hydrogens is 212 g/mol.